The van der Waals surface area contributed by atoms with Crippen LogP contribution in [0.2, 0.25) is 0 Å². The molecule has 0 bridgehead atoms. The Morgan fingerprint density at radius 3 is 2.88 bits per heavy atom. The van der Waals surface area contributed by atoms with Gasteiger partial charge in [0, 0.05) is 28.9 Å². The van der Waals surface area contributed by atoms with Crippen molar-refractivity contribution in [3.63, 3.8) is 0 Å². The normalized spacial score (nSPS) is 11.9. The van der Waals surface area contributed by atoms with Gasteiger partial charge in [0.25, 0.3) is 0 Å². The van der Waals surface area contributed by atoms with Crippen molar-refractivity contribution in [1.29, 1.82) is 0 Å². The number of furan rings is 1. The maximum atomic E-state index is 5.03. The first-order chi connectivity index (χ1) is 7.68. The fourth-order valence-corrected chi connectivity index (χ4v) is 2.52. The van der Waals surface area contributed by atoms with Crippen LogP contribution in [0, 0.1) is 0 Å². The van der Waals surface area contributed by atoms with Crippen molar-refractivity contribution in [2.45, 2.75) is 25.8 Å². The van der Waals surface area contributed by atoms with Gasteiger partial charge in [0.05, 0.1) is 12.5 Å². The van der Waals surface area contributed by atoms with Gasteiger partial charge in [0.2, 0.25) is 0 Å². The van der Waals surface area contributed by atoms with Gasteiger partial charge in [-0.2, -0.15) is 0 Å². The zero-order valence-corrected chi connectivity index (χ0v) is 10.5. The fraction of sp³-hybridized carbons (Fsp3) is 0.385. The summed E-state index contributed by atoms with van der Waals surface area (Å²) in [5, 5.41) is 5.60. The van der Waals surface area contributed by atoms with Crippen LogP contribution in [0.4, 0.5) is 0 Å². The molecule has 0 saturated carbocycles. The summed E-state index contributed by atoms with van der Waals surface area (Å²) in [4.78, 5) is 1.42. The van der Waals surface area contributed by atoms with Crippen LogP contribution in [0.1, 0.15) is 24.3 Å². The van der Waals surface area contributed by atoms with Gasteiger partial charge < -0.3 is 9.73 Å². The monoisotopic (exact) mass is 235 g/mol. The molecule has 0 amide bonds. The third-order valence-corrected chi connectivity index (χ3v) is 3.90. The average molecular weight is 235 g/mol. The van der Waals surface area contributed by atoms with Crippen LogP contribution in [0.15, 0.2) is 40.5 Å². The molecule has 1 N–H and O–H groups in total. The van der Waals surface area contributed by atoms with E-state index in [1.165, 1.54) is 10.4 Å². The van der Waals surface area contributed by atoms with Gasteiger partial charge in [-0.05, 0) is 17.5 Å². The molecule has 2 rings (SSSR count). The van der Waals surface area contributed by atoms with E-state index < -0.39 is 0 Å². The summed E-state index contributed by atoms with van der Waals surface area (Å²) in [5.41, 5.74) is 1.39. The molecule has 0 aromatic carbocycles. The lowest BCUT2D eigenvalue weighted by Gasteiger charge is -2.23. The Morgan fingerprint density at radius 1 is 1.38 bits per heavy atom. The van der Waals surface area contributed by atoms with E-state index in [0.29, 0.717) is 0 Å². The molecule has 0 radical (unpaired) electrons. The molecular weight excluding hydrogens is 218 g/mol. The number of rotatable bonds is 5. The number of hydrogen-bond donors (Lipinski definition) is 1. The van der Waals surface area contributed by atoms with E-state index in [1.807, 2.05) is 17.4 Å². The van der Waals surface area contributed by atoms with E-state index in [-0.39, 0.29) is 5.41 Å². The van der Waals surface area contributed by atoms with E-state index in [2.05, 4.69) is 36.7 Å². The van der Waals surface area contributed by atoms with Gasteiger partial charge in [0.15, 0.2) is 0 Å². The molecule has 86 valence electrons. The number of nitrogens with one attached hydrogen (secondary N) is 1. The first-order valence-corrected chi connectivity index (χ1v) is 6.32. The summed E-state index contributed by atoms with van der Waals surface area (Å²) in [5.74, 6) is 0. The predicted molar refractivity (Wildman–Crippen MR) is 67.8 cm³/mol. The lowest BCUT2D eigenvalue weighted by molar-refractivity contribution is 0.475. The topological polar surface area (TPSA) is 25.2 Å². The summed E-state index contributed by atoms with van der Waals surface area (Å²) in [6, 6.07) is 6.30. The lowest BCUT2D eigenvalue weighted by atomic mass is 9.91. The Bertz CT molecular complexity index is 403. The highest BCUT2D eigenvalue weighted by molar-refractivity contribution is 7.10. The molecule has 16 heavy (non-hydrogen) atoms. The molecule has 0 aliphatic heterocycles. The Labute approximate surface area is 100 Å². The molecule has 2 aromatic rings. The quantitative estimate of drug-likeness (QED) is 0.859. The highest BCUT2D eigenvalue weighted by Gasteiger charge is 2.20. The molecule has 0 saturated heterocycles. The minimum atomic E-state index is 0.192. The Morgan fingerprint density at radius 2 is 2.25 bits per heavy atom. The predicted octanol–water partition coefficient (Wildman–Crippen LogP) is 3.41. The summed E-state index contributed by atoms with van der Waals surface area (Å²) in [7, 11) is 0. The first-order valence-electron chi connectivity index (χ1n) is 5.44. The van der Waals surface area contributed by atoms with Gasteiger partial charge in [-0.3, -0.25) is 0 Å². The van der Waals surface area contributed by atoms with Crippen LogP contribution in [-0.2, 0) is 12.0 Å². The number of thiophene rings is 1. The Kier molecular flexibility index (Phi) is 3.46. The van der Waals surface area contributed by atoms with Gasteiger partial charge in [-0.15, -0.1) is 11.3 Å². The van der Waals surface area contributed by atoms with Crippen molar-refractivity contribution in [2.24, 2.45) is 0 Å². The minimum Gasteiger partial charge on any atom is -0.472 e. The molecule has 0 unspecified atom stereocenters. The van der Waals surface area contributed by atoms with E-state index in [4.69, 9.17) is 4.42 Å². The van der Waals surface area contributed by atoms with Crippen LogP contribution in [0.25, 0.3) is 0 Å². The van der Waals surface area contributed by atoms with E-state index in [0.717, 1.165) is 13.1 Å². The van der Waals surface area contributed by atoms with Crippen molar-refractivity contribution >= 4 is 11.3 Å². The summed E-state index contributed by atoms with van der Waals surface area (Å²) in [6.07, 6.45) is 3.49. The molecule has 2 nitrogen and oxygen atoms in total. The molecule has 0 atom stereocenters. The van der Waals surface area contributed by atoms with Crippen LogP contribution in [-0.4, -0.2) is 6.54 Å². The highest BCUT2D eigenvalue weighted by atomic mass is 32.1. The molecular formula is C13H17NOS. The van der Waals surface area contributed by atoms with E-state index in [1.54, 1.807) is 12.5 Å². The summed E-state index contributed by atoms with van der Waals surface area (Å²) in [6.45, 7) is 6.37. The molecule has 0 aliphatic carbocycles. The second-order valence-electron chi connectivity index (χ2n) is 4.60. The van der Waals surface area contributed by atoms with Crippen LogP contribution in [0.5, 0.6) is 0 Å². The third kappa shape index (κ3) is 2.74. The molecule has 0 fully saturated rings. The zero-order valence-electron chi connectivity index (χ0n) is 9.69. The molecule has 0 spiro atoms. The third-order valence-electron chi connectivity index (χ3n) is 2.66. The van der Waals surface area contributed by atoms with Crippen molar-refractivity contribution in [3.8, 4) is 0 Å². The van der Waals surface area contributed by atoms with Crippen molar-refractivity contribution in [3.05, 3.63) is 46.5 Å². The Balaban J connectivity index is 1.85. The molecule has 2 aromatic heterocycles. The van der Waals surface area contributed by atoms with E-state index in [9.17, 15) is 0 Å². The van der Waals surface area contributed by atoms with Crippen LogP contribution in [0.3, 0.4) is 0 Å². The van der Waals surface area contributed by atoms with Gasteiger partial charge >= 0.3 is 0 Å². The minimum absolute atomic E-state index is 0.192. The maximum Gasteiger partial charge on any atom is 0.0947 e. The lowest BCUT2D eigenvalue weighted by Crippen LogP contribution is -2.31. The average Bonchev–Trinajstić information content (AvgIpc) is 2.90. The van der Waals surface area contributed by atoms with Gasteiger partial charge in [-0.1, -0.05) is 19.9 Å². The van der Waals surface area contributed by atoms with Crippen molar-refractivity contribution in [2.75, 3.05) is 6.54 Å². The second kappa shape index (κ2) is 4.85. The molecule has 2 heterocycles. The summed E-state index contributed by atoms with van der Waals surface area (Å²) < 4.78 is 5.03. The van der Waals surface area contributed by atoms with E-state index >= 15 is 0 Å². The highest BCUT2D eigenvalue weighted by Crippen LogP contribution is 2.26. The van der Waals surface area contributed by atoms with Gasteiger partial charge in [-0.25, -0.2) is 0 Å². The second-order valence-corrected chi connectivity index (χ2v) is 5.54. The maximum absolute atomic E-state index is 5.03. The zero-order chi connectivity index (χ0) is 11.4. The van der Waals surface area contributed by atoms with Crippen LogP contribution < -0.4 is 5.32 Å². The van der Waals surface area contributed by atoms with Crippen molar-refractivity contribution in [1.82, 2.24) is 5.32 Å². The largest absolute Gasteiger partial charge is 0.472 e. The molecule has 3 heteroatoms. The Hall–Kier alpha value is -1.06. The van der Waals surface area contributed by atoms with Gasteiger partial charge in [0.1, 0.15) is 0 Å². The SMILES string of the molecule is CC(C)(CNCc1ccoc1)c1cccs1. The summed E-state index contributed by atoms with van der Waals surface area (Å²) >= 11 is 1.82. The standard InChI is InChI=1S/C13H17NOS/c1-13(2,12-4-3-7-16-12)10-14-8-11-5-6-15-9-11/h3-7,9,14H,8,10H2,1-2H3. The number of hydrogen-bond acceptors (Lipinski definition) is 3. The van der Waals surface area contributed by atoms with Crippen LogP contribution >= 0.6 is 11.3 Å². The molecule has 0 aliphatic rings. The first kappa shape index (κ1) is 11.4. The van der Waals surface area contributed by atoms with Crippen molar-refractivity contribution < 1.29 is 4.42 Å². The smallest absolute Gasteiger partial charge is 0.0947 e. The fourth-order valence-electron chi connectivity index (χ4n) is 1.66.